The number of nitrogens with one attached hydrogen (secondary N) is 1. The maximum Gasteiger partial charge on any atom is 0.419 e. The molecule has 0 saturated carbocycles. The molecule has 0 saturated heterocycles. The van der Waals surface area contributed by atoms with Crippen LogP contribution in [0.2, 0.25) is 0 Å². The minimum absolute atomic E-state index is 0.137. The van der Waals surface area contributed by atoms with Crippen LogP contribution in [0.3, 0.4) is 0 Å². The van der Waals surface area contributed by atoms with Crippen molar-refractivity contribution in [2.45, 2.75) is 26.9 Å². The van der Waals surface area contributed by atoms with Crippen LogP contribution in [-0.4, -0.2) is 23.1 Å². The van der Waals surface area contributed by atoms with E-state index in [0.29, 0.717) is 23.4 Å². The summed E-state index contributed by atoms with van der Waals surface area (Å²) in [5.74, 6) is -2.76. The molecular weight excluding hydrogens is 368 g/mol. The number of carbonyl (C=O) groups is 2. The van der Waals surface area contributed by atoms with Gasteiger partial charge >= 0.3 is 12.1 Å². The molecule has 2 rings (SSSR count). The first-order valence-electron chi connectivity index (χ1n) is 8.00. The topological polar surface area (TPSA) is 60.3 Å². The second-order valence-corrected chi connectivity index (χ2v) is 5.86. The number of ether oxygens (including phenoxy) is 1. The van der Waals surface area contributed by atoms with Crippen molar-refractivity contribution in [2.75, 3.05) is 11.9 Å². The summed E-state index contributed by atoms with van der Waals surface area (Å²) in [5.41, 5.74) is -0.605. The molecule has 0 aliphatic carbocycles. The van der Waals surface area contributed by atoms with Crippen LogP contribution in [-0.2, 0) is 18.0 Å². The van der Waals surface area contributed by atoms with E-state index in [-0.39, 0.29) is 23.6 Å². The number of benzene rings is 1. The maximum atomic E-state index is 13.4. The molecule has 1 aromatic heterocycles. The number of alkyl halides is 3. The number of esters is 1. The maximum absolute atomic E-state index is 13.4. The fourth-order valence-electron chi connectivity index (χ4n) is 2.81. The standard InChI is InChI=1S/C18H18F4N2O3/c1-5-27-17(26)15-9(2)14(10(3)24(15)4)16(25)23-11-6-7-13(19)12(8-11)18(20,21)22/h6-8H,5H2,1-4H3,(H,23,25). The number of anilines is 1. The molecule has 1 N–H and O–H groups in total. The molecule has 0 bridgehead atoms. The molecular formula is C18H18F4N2O3. The van der Waals surface area contributed by atoms with E-state index in [1.165, 1.54) is 4.57 Å². The van der Waals surface area contributed by atoms with Crippen LogP contribution < -0.4 is 5.32 Å². The summed E-state index contributed by atoms with van der Waals surface area (Å²) < 4.78 is 58.3. The number of rotatable bonds is 4. The predicted octanol–water partition coefficient (Wildman–Crippen LogP) is 4.23. The van der Waals surface area contributed by atoms with Gasteiger partial charge in [0.2, 0.25) is 0 Å². The first kappa shape index (κ1) is 20.5. The van der Waals surface area contributed by atoms with Crippen LogP contribution in [0.15, 0.2) is 18.2 Å². The molecule has 0 radical (unpaired) electrons. The molecule has 2 aromatic rings. The zero-order valence-electron chi connectivity index (χ0n) is 15.1. The van der Waals surface area contributed by atoms with Gasteiger partial charge in [-0.2, -0.15) is 13.2 Å². The first-order valence-corrected chi connectivity index (χ1v) is 8.00. The van der Waals surface area contributed by atoms with Crippen LogP contribution in [0.4, 0.5) is 23.2 Å². The fraction of sp³-hybridized carbons (Fsp3) is 0.333. The Balaban J connectivity index is 2.40. The van der Waals surface area contributed by atoms with E-state index in [4.69, 9.17) is 4.74 Å². The Morgan fingerprint density at radius 1 is 1.22 bits per heavy atom. The molecule has 5 nitrogen and oxygen atoms in total. The number of amides is 1. The van der Waals surface area contributed by atoms with Gasteiger partial charge < -0.3 is 14.6 Å². The van der Waals surface area contributed by atoms with Crippen molar-refractivity contribution in [2.24, 2.45) is 7.05 Å². The van der Waals surface area contributed by atoms with Crippen molar-refractivity contribution >= 4 is 17.6 Å². The Hall–Kier alpha value is -2.84. The molecule has 1 heterocycles. The highest BCUT2D eigenvalue weighted by Crippen LogP contribution is 2.33. The number of halogens is 4. The SMILES string of the molecule is CCOC(=O)c1c(C)c(C(=O)Nc2ccc(F)c(C(F)(F)F)c2)c(C)n1C. The lowest BCUT2D eigenvalue weighted by Crippen LogP contribution is -2.16. The monoisotopic (exact) mass is 386 g/mol. The normalized spacial score (nSPS) is 11.4. The lowest BCUT2D eigenvalue weighted by Gasteiger charge is -2.11. The quantitative estimate of drug-likeness (QED) is 0.632. The summed E-state index contributed by atoms with van der Waals surface area (Å²) in [6.07, 6.45) is -4.89. The highest BCUT2D eigenvalue weighted by Gasteiger charge is 2.34. The van der Waals surface area contributed by atoms with Gasteiger partial charge in [-0.3, -0.25) is 4.79 Å². The third-order valence-corrected chi connectivity index (χ3v) is 4.16. The first-order chi connectivity index (χ1) is 12.5. The largest absolute Gasteiger partial charge is 0.461 e. The Morgan fingerprint density at radius 3 is 2.41 bits per heavy atom. The van der Waals surface area contributed by atoms with Crippen molar-refractivity contribution in [1.82, 2.24) is 4.57 Å². The van der Waals surface area contributed by atoms with Crippen LogP contribution in [0.25, 0.3) is 0 Å². The van der Waals surface area contributed by atoms with Gasteiger partial charge in [0.25, 0.3) is 5.91 Å². The van der Waals surface area contributed by atoms with E-state index in [2.05, 4.69) is 5.32 Å². The molecule has 0 aliphatic heterocycles. The summed E-state index contributed by atoms with van der Waals surface area (Å²) in [6, 6.07) is 2.18. The van der Waals surface area contributed by atoms with Crippen LogP contribution >= 0.6 is 0 Å². The lowest BCUT2D eigenvalue weighted by molar-refractivity contribution is -0.139. The molecule has 146 valence electrons. The summed E-state index contributed by atoms with van der Waals surface area (Å²) in [6.45, 7) is 4.93. The van der Waals surface area contributed by atoms with E-state index in [1.807, 2.05) is 0 Å². The van der Waals surface area contributed by atoms with Crippen molar-refractivity contribution in [3.05, 3.63) is 52.1 Å². The summed E-state index contributed by atoms with van der Waals surface area (Å²) in [5, 5.41) is 2.32. The Bertz CT molecular complexity index is 901. The highest BCUT2D eigenvalue weighted by molar-refractivity contribution is 6.08. The zero-order chi connectivity index (χ0) is 20.5. The smallest absolute Gasteiger partial charge is 0.419 e. The van der Waals surface area contributed by atoms with Gasteiger partial charge in [-0.05, 0) is 44.5 Å². The average molecular weight is 386 g/mol. The second kappa shape index (κ2) is 7.42. The molecule has 27 heavy (non-hydrogen) atoms. The molecule has 0 aliphatic rings. The Labute approximate surface area is 152 Å². The molecule has 0 spiro atoms. The molecule has 9 heteroatoms. The van der Waals surface area contributed by atoms with Crippen molar-refractivity contribution in [1.29, 1.82) is 0 Å². The Morgan fingerprint density at radius 2 is 1.85 bits per heavy atom. The predicted molar refractivity (Wildman–Crippen MR) is 90.2 cm³/mol. The summed E-state index contributed by atoms with van der Waals surface area (Å²) in [4.78, 5) is 24.7. The van der Waals surface area contributed by atoms with Gasteiger partial charge in [-0.15, -0.1) is 0 Å². The fourth-order valence-corrected chi connectivity index (χ4v) is 2.81. The number of aromatic nitrogens is 1. The molecule has 0 atom stereocenters. The van der Waals surface area contributed by atoms with Gasteiger partial charge in [-0.25, -0.2) is 9.18 Å². The number of nitrogens with zero attached hydrogens (tertiary/aromatic N) is 1. The number of hydrogen-bond donors (Lipinski definition) is 1. The number of hydrogen-bond acceptors (Lipinski definition) is 3. The highest BCUT2D eigenvalue weighted by atomic mass is 19.4. The van der Waals surface area contributed by atoms with Crippen molar-refractivity contribution in [3.8, 4) is 0 Å². The zero-order valence-corrected chi connectivity index (χ0v) is 15.1. The molecule has 1 amide bonds. The second-order valence-electron chi connectivity index (χ2n) is 5.86. The van der Waals surface area contributed by atoms with Gasteiger partial charge in [0.1, 0.15) is 11.5 Å². The van der Waals surface area contributed by atoms with E-state index >= 15 is 0 Å². The van der Waals surface area contributed by atoms with E-state index in [9.17, 15) is 27.2 Å². The summed E-state index contributed by atoms with van der Waals surface area (Å²) >= 11 is 0. The van der Waals surface area contributed by atoms with Crippen molar-refractivity contribution in [3.63, 3.8) is 0 Å². The van der Waals surface area contributed by atoms with E-state index in [1.54, 1.807) is 27.8 Å². The summed E-state index contributed by atoms with van der Waals surface area (Å²) in [7, 11) is 1.57. The van der Waals surface area contributed by atoms with E-state index < -0.39 is 29.4 Å². The van der Waals surface area contributed by atoms with E-state index in [0.717, 1.165) is 6.07 Å². The van der Waals surface area contributed by atoms with Gasteiger partial charge in [0.05, 0.1) is 17.7 Å². The van der Waals surface area contributed by atoms with Crippen LogP contribution in [0.1, 0.15) is 44.6 Å². The molecule has 1 aromatic carbocycles. The van der Waals surface area contributed by atoms with Gasteiger partial charge in [0, 0.05) is 18.4 Å². The van der Waals surface area contributed by atoms with Gasteiger partial charge in [0.15, 0.2) is 0 Å². The minimum Gasteiger partial charge on any atom is -0.461 e. The lowest BCUT2D eigenvalue weighted by atomic mass is 10.1. The van der Waals surface area contributed by atoms with Crippen LogP contribution in [0.5, 0.6) is 0 Å². The minimum atomic E-state index is -4.89. The van der Waals surface area contributed by atoms with Gasteiger partial charge in [-0.1, -0.05) is 0 Å². The average Bonchev–Trinajstić information content (AvgIpc) is 2.78. The third-order valence-electron chi connectivity index (χ3n) is 4.16. The molecule has 0 fully saturated rings. The van der Waals surface area contributed by atoms with Crippen molar-refractivity contribution < 1.29 is 31.9 Å². The Kier molecular flexibility index (Phi) is 5.62. The van der Waals surface area contributed by atoms with Crippen LogP contribution in [0, 0.1) is 19.7 Å². The third kappa shape index (κ3) is 3.96. The molecule has 0 unspecified atom stereocenters. The number of carbonyl (C=O) groups excluding carboxylic acids is 2.